The summed E-state index contributed by atoms with van der Waals surface area (Å²) in [6.45, 7) is 2.28. The Morgan fingerprint density at radius 3 is 2.72 bits per heavy atom. The van der Waals surface area contributed by atoms with Gasteiger partial charge in [-0.05, 0) is 55.5 Å². The summed E-state index contributed by atoms with van der Waals surface area (Å²) in [4.78, 5) is 30.5. The quantitative estimate of drug-likeness (QED) is 0.400. The molecular weight excluding hydrogens is 428 g/mol. The number of carbonyl (C=O) groups excluding carboxylic acids is 1. The summed E-state index contributed by atoms with van der Waals surface area (Å²) in [5, 5.41) is 20.4. The number of thiazole rings is 1. The van der Waals surface area contributed by atoms with Crippen LogP contribution in [0.5, 0.6) is 0 Å². The maximum absolute atomic E-state index is 12.6. The number of nitrogens with zero attached hydrogens (tertiary/aromatic N) is 3. The number of nitrogens with one attached hydrogen (secondary N) is 1. The Hall–Kier alpha value is -2.27. The number of rotatable bonds is 8. The van der Waals surface area contributed by atoms with E-state index in [0.717, 1.165) is 15.6 Å². The van der Waals surface area contributed by atoms with Gasteiger partial charge in [0.25, 0.3) is 11.6 Å². The molecule has 152 valence electrons. The molecule has 0 bridgehead atoms. The fourth-order valence-corrected chi connectivity index (χ4v) is 5.30. The van der Waals surface area contributed by atoms with Crippen LogP contribution < -0.4 is 5.32 Å². The predicted octanol–water partition coefficient (Wildman–Crippen LogP) is 4.61. The second-order valence-electron chi connectivity index (χ2n) is 6.54. The summed E-state index contributed by atoms with van der Waals surface area (Å²) in [5.41, 5.74) is 2.16. The van der Waals surface area contributed by atoms with Crippen molar-refractivity contribution in [1.29, 1.82) is 0 Å². The number of hydrogen-bond donors (Lipinski definition) is 1. The molecule has 10 heteroatoms. The van der Waals surface area contributed by atoms with E-state index >= 15 is 0 Å². The van der Waals surface area contributed by atoms with E-state index in [4.69, 9.17) is 0 Å². The van der Waals surface area contributed by atoms with Crippen molar-refractivity contribution < 1.29 is 9.72 Å². The number of nitro benzene ring substituents is 1. The van der Waals surface area contributed by atoms with Gasteiger partial charge in [-0.25, -0.2) is 4.98 Å². The highest BCUT2D eigenvalue weighted by molar-refractivity contribution is 8.01. The average Bonchev–Trinajstić information content (AvgIpc) is 3.33. The van der Waals surface area contributed by atoms with Gasteiger partial charge >= 0.3 is 0 Å². The molecule has 1 atom stereocenters. The molecule has 3 rings (SSSR count). The Labute approximate surface area is 180 Å². The maximum atomic E-state index is 12.6. The molecule has 0 aliphatic carbocycles. The summed E-state index contributed by atoms with van der Waals surface area (Å²) >= 11 is 4.27. The van der Waals surface area contributed by atoms with Crippen LogP contribution in [0.1, 0.15) is 27.7 Å². The molecular formula is C19H20N4O3S3. The number of aromatic nitrogens is 1. The van der Waals surface area contributed by atoms with E-state index in [2.05, 4.69) is 10.3 Å². The van der Waals surface area contributed by atoms with Crippen molar-refractivity contribution in [3.63, 3.8) is 0 Å². The number of carbonyl (C=O) groups is 1. The zero-order valence-corrected chi connectivity index (χ0v) is 18.6. The van der Waals surface area contributed by atoms with Crippen molar-refractivity contribution in [2.75, 3.05) is 20.6 Å². The summed E-state index contributed by atoms with van der Waals surface area (Å²) < 4.78 is 0.729. The number of benzene rings is 1. The SMILES string of the molecule is Cc1csc(Sc2ccc(C(=O)NCC(c3ccsc3)N(C)C)cc2[N+](=O)[O-])n1. The number of aryl methyl sites for hydroxylation is 1. The number of amides is 1. The minimum atomic E-state index is -0.465. The van der Waals surface area contributed by atoms with Crippen molar-refractivity contribution >= 4 is 46.0 Å². The van der Waals surface area contributed by atoms with Gasteiger partial charge in [-0.2, -0.15) is 11.3 Å². The van der Waals surface area contributed by atoms with Crippen molar-refractivity contribution in [2.45, 2.75) is 22.2 Å². The molecule has 1 aromatic carbocycles. The van der Waals surface area contributed by atoms with Gasteiger partial charge < -0.3 is 10.2 Å². The van der Waals surface area contributed by atoms with Crippen molar-refractivity contribution in [3.8, 4) is 0 Å². The molecule has 1 N–H and O–H groups in total. The molecule has 0 aliphatic heterocycles. The van der Waals surface area contributed by atoms with Crippen molar-refractivity contribution in [2.24, 2.45) is 0 Å². The average molecular weight is 449 g/mol. The minimum absolute atomic E-state index is 0.0307. The Balaban J connectivity index is 1.75. The van der Waals surface area contributed by atoms with E-state index in [9.17, 15) is 14.9 Å². The minimum Gasteiger partial charge on any atom is -0.350 e. The smallest absolute Gasteiger partial charge is 0.284 e. The zero-order valence-electron chi connectivity index (χ0n) is 16.1. The molecule has 0 saturated heterocycles. The molecule has 0 saturated carbocycles. The summed E-state index contributed by atoms with van der Waals surface area (Å²) in [7, 11) is 3.90. The van der Waals surface area contributed by atoms with E-state index in [-0.39, 0.29) is 23.2 Å². The van der Waals surface area contributed by atoms with Gasteiger partial charge in [0.2, 0.25) is 0 Å². The number of nitro groups is 1. The van der Waals surface area contributed by atoms with Gasteiger partial charge in [-0.1, -0.05) is 11.8 Å². The lowest BCUT2D eigenvalue weighted by atomic mass is 10.1. The third kappa shape index (κ3) is 5.41. The van der Waals surface area contributed by atoms with E-state index < -0.39 is 4.92 Å². The number of hydrogen-bond acceptors (Lipinski definition) is 8. The summed E-state index contributed by atoms with van der Waals surface area (Å²) in [6.07, 6.45) is 0. The second kappa shape index (κ2) is 9.49. The molecule has 1 amide bonds. The van der Waals surface area contributed by atoms with Gasteiger partial charge in [0, 0.05) is 29.2 Å². The van der Waals surface area contributed by atoms with Crippen LogP contribution in [0.4, 0.5) is 5.69 Å². The first kappa shape index (κ1) is 21.4. The van der Waals surface area contributed by atoms with Gasteiger partial charge in [0.1, 0.15) is 0 Å². The van der Waals surface area contributed by atoms with Crippen LogP contribution >= 0.6 is 34.4 Å². The Morgan fingerprint density at radius 2 is 2.14 bits per heavy atom. The first-order valence-electron chi connectivity index (χ1n) is 8.70. The number of likely N-dealkylation sites (N-methyl/N-ethyl adjacent to an activating group) is 1. The van der Waals surface area contributed by atoms with E-state index in [1.54, 1.807) is 23.5 Å². The van der Waals surface area contributed by atoms with Crippen LogP contribution in [-0.2, 0) is 0 Å². The van der Waals surface area contributed by atoms with Crippen LogP contribution in [0.2, 0.25) is 0 Å². The first-order chi connectivity index (χ1) is 13.8. The highest BCUT2D eigenvalue weighted by atomic mass is 32.2. The van der Waals surface area contributed by atoms with E-state index in [1.807, 2.05) is 48.1 Å². The van der Waals surface area contributed by atoms with Gasteiger partial charge in [-0.15, -0.1) is 11.3 Å². The highest BCUT2D eigenvalue weighted by Crippen LogP contribution is 2.36. The number of thiophene rings is 1. The van der Waals surface area contributed by atoms with Crippen LogP contribution in [0.3, 0.4) is 0 Å². The zero-order chi connectivity index (χ0) is 21.0. The Morgan fingerprint density at radius 1 is 1.34 bits per heavy atom. The van der Waals surface area contributed by atoms with Crippen LogP contribution in [0.15, 0.2) is 49.6 Å². The monoisotopic (exact) mass is 448 g/mol. The largest absolute Gasteiger partial charge is 0.350 e. The molecule has 0 radical (unpaired) electrons. The lowest BCUT2D eigenvalue weighted by Gasteiger charge is -2.24. The topological polar surface area (TPSA) is 88.4 Å². The third-order valence-electron chi connectivity index (χ3n) is 4.22. The fraction of sp³-hybridized carbons (Fsp3) is 0.263. The van der Waals surface area contributed by atoms with Gasteiger partial charge in [0.05, 0.1) is 15.9 Å². The molecule has 2 heterocycles. The molecule has 7 nitrogen and oxygen atoms in total. The molecule has 0 aliphatic rings. The van der Waals surface area contributed by atoms with E-state index in [0.29, 0.717) is 11.4 Å². The van der Waals surface area contributed by atoms with E-state index in [1.165, 1.54) is 29.2 Å². The van der Waals surface area contributed by atoms with Crippen LogP contribution in [0.25, 0.3) is 0 Å². The first-order valence-corrected chi connectivity index (χ1v) is 11.3. The Kier molecular flexibility index (Phi) is 7.01. The second-order valence-corrected chi connectivity index (χ2v) is 9.47. The normalized spacial score (nSPS) is 12.1. The lowest BCUT2D eigenvalue weighted by Crippen LogP contribution is -2.34. The van der Waals surface area contributed by atoms with Crippen LogP contribution in [-0.4, -0.2) is 41.4 Å². The van der Waals surface area contributed by atoms with Gasteiger partial charge in [-0.3, -0.25) is 14.9 Å². The Bertz CT molecular complexity index is 1000. The van der Waals surface area contributed by atoms with Crippen LogP contribution in [0, 0.1) is 17.0 Å². The standard InChI is InChI=1S/C19H20N4O3S3/c1-12-10-28-19(21-12)29-17-5-4-13(8-15(17)23(25)26)18(24)20-9-16(22(2)3)14-6-7-27-11-14/h4-8,10-11,16H,9H2,1-3H3,(H,20,24). The molecule has 29 heavy (non-hydrogen) atoms. The van der Waals surface area contributed by atoms with Crippen molar-refractivity contribution in [1.82, 2.24) is 15.2 Å². The fourth-order valence-electron chi connectivity index (χ4n) is 2.72. The van der Waals surface area contributed by atoms with Crippen molar-refractivity contribution in [3.05, 3.63) is 67.3 Å². The highest BCUT2D eigenvalue weighted by Gasteiger charge is 2.21. The molecule has 1 unspecified atom stereocenters. The molecule has 3 aromatic rings. The molecule has 0 fully saturated rings. The van der Waals surface area contributed by atoms with Gasteiger partial charge in [0.15, 0.2) is 4.34 Å². The predicted molar refractivity (Wildman–Crippen MR) is 117 cm³/mol. The molecule has 2 aromatic heterocycles. The third-order valence-corrected chi connectivity index (χ3v) is 7.04. The molecule has 0 spiro atoms. The summed E-state index contributed by atoms with van der Waals surface area (Å²) in [5.74, 6) is -0.336. The maximum Gasteiger partial charge on any atom is 0.284 e. The summed E-state index contributed by atoms with van der Waals surface area (Å²) in [6, 6.07) is 6.60. The lowest BCUT2D eigenvalue weighted by molar-refractivity contribution is -0.387.